The van der Waals surface area contributed by atoms with E-state index in [1.54, 1.807) is 6.08 Å². The van der Waals surface area contributed by atoms with Crippen LogP contribution in [0, 0.1) is 11.8 Å². The van der Waals surface area contributed by atoms with Crippen molar-refractivity contribution in [1.82, 2.24) is 0 Å². The van der Waals surface area contributed by atoms with E-state index in [1.165, 1.54) is 0 Å². The first-order chi connectivity index (χ1) is 9.28. The van der Waals surface area contributed by atoms with Crippen LogP contribution in [-0.2, 0) is 4.79 Å². The van der Waals surface area contributed by atoms with Gasteiger partial charge in [0.1, 0.15) is 0 Å². The quantitative estimate of drug-likeness (QED) is 0.464. The van der Waals surface area contributed by atoms with E-state index < -0.39 is 0 Å². The molecule has 0 saturated heterocycles. The molecule has 0 unspecified atom stereocenters. The third kappa shape index (κ3) is 4.24. The van der Waals surface area contributed by atoms with Crippen molar-refractivity contribution >= 4 is 28.3 Å². The van der Waals surface area contributed by atoms with Crippen LogP contribution in [0.1, 0.15) is 11.1 Å². The number of hydrogen-bond acceptors (Lipinski definition) is 1. The van der Waals surface area contributed by atoms with Gasteiger partial charge in [-0.2, -0.15) is 0 Å². The maximum Gasteiger partial charge on any atom is 0.158 e. The van der Waals surface area contributed by atoms with Crippen LogP contribution in [-0.4, -0.2) is 6.29 Å². The van der Waals surface area contributed by atoms with Crippen molar-refractivity contribution in [3.8, 4) is 11.8 Å². The largest absolute Gasteiger partial charge is 0.297 e. The van der Waals surface area contributed by atoms with E-state index in [2.05, 4.69) is 27.8 Å². The van der Waals surface area contributed by atoms with Gasteiger partial charge in [0.15, 0.2) is 6.29 Å². The number of halogens is 1. The van der Waals surface area contributed by atoms with Crippen LogP contribution >= 0.6 is 15.9 Å². The monoisotopic (exact) mass is 310 g/mol. The zero-order valence-electron chi connectivity index (χ0n) is 10.1. The Hall–Kier alpha value is -2.11. The molecule has 0 aliphatic rings. The first-order valence-electron chi connectivity index (χ1n) is 5.77. The van der Waals surface area contributed by atoms with Gasteiger partial charge in [-0.05, 0) is 35.9 Å². The molecule has 2 rings (SSSR count). The van der Waals surface area contributed by atoms with Gasteiger partial charge in [0.25, 0.3) is 0 Å². The first kappa shape index (κ1) is 13.3. The highest BCUT2D eigenvalue weighted by Crippen LogP contribution is 2.10. The second-order valence-electron chi connectivity index (χ2n) is 3.89. The van der Waals surface area contributed by atoms with Crippen LogP contribution in [0.2, 0.25) is 0 Å². The zero-order chi connectivity index (χ0) is 13.5. The molecule has 0 heterocycles. The Morgan fingerprint density at radius 2 is 1.68 bits per heavy atom. The Labute approximate surface area is 121 Å². The molecule has 0 saturated carbocycles. The molecular formula is C17H11BrO. The molecular weight excluding hydrogens is 300 g/mol. The molecule has 0 fully saturated rings. The molecule has 92 valence electrons. The standard InChI is InChI=1S/C17H11BrO/c18-17-10-8-14(9-11-17)6-7-16(13-19)12-15-4-2-1-3-5-15/h1-5,8-13H/b16-12+. The maximum absolute atomic E-state index is 11.0. The molecule has 1 nitrogen and oxygen atoms in total. The summed E-state index contributed by atoms with van der Waals surface area (Å²) in [5.41, 5.74) is 2.31. The molecule has 0 aromatic heterocycles. The number of rotatable bonds is 2. The summed E-state index contributed by atoms with van der Waals surface area (Å²) in [5.74, 6) is 5.85. The Bertz CT molecular complexity index is 643. The van der Waals surface area contributed by atoms with Crippen molar-refractivity contribution in [1.29, 1.82) is 0 Å². The van der Waals surface area contributed by atoms with Gasteiger partial charge in [0, 0.05) is 10.0 Å². The minimum absolute atomic E-state index is 0.467. The Balaban J connectivity index is 2.23. The third-order valence-electron chi connectivity index (χ3n) is 2.44. The normalized spacial score (nSPS) is 10.5. The van der Waals surface area contributed by atoms with E-state index in [4.69, 9.17) is 0 Å². The van der Waals surface area contributed by atoms with E-state index in [-0.39, 0.29) is 0 Å². The highest BCUT2D eigenvalue weighted by Gasteiger charge is 1.92. The molecule has 0 bridgehead atoms. The summed E-state index contributed by atoms with van der Waals surface area (Å²) < 4.78 is 1.01. The molecule has 2 heteroatoms. The van der Waals surface area contributed by atoms with Crippen LogP contribution in [0.3, 0.4) is 0 Å². The topological polar surface area (TPSA) is 17.1 Å². The molecule has 0 aliphatic heterocycles. The van der Waals surface area contributed by atoms with Crippen LogP contribution in [0.25, 0.3) is 6.08 Å². The lowest BCUT2D eigenvalue weighted by molar-refractivity contribution is -0.104. The van der Waals surface area contributed by atoms with Gasteiger partial charge in [-0.1, -0.05) is 58.1 Å². The Morgan fingerprint density at radius 1 is 1.00 bits per heavy atom. The van der Waals surface area contributed by atoms with E-state index >= 15 is 0 Å². The predicted octanol–water partition coefficient (Wildman–Crippen LogP) is 4.08. The summed E-state index contributed by atoms with van der Waals surface area (Å²) >= 11 is 3.37. The summed E-state index contributed by atoms with van der Waals surface area (Å²) in [7, 11) is 0. The lowest BCUT2D eigenvalue weighted by Crippen LogP contribution is -1.81. The molecule has 0 amide bonds. The molecule has 0 N–H and O–H groups in total. The van der Waals surface area contributed by atoms with E-state index in [1.807, 2.05) is 54.6 Å². The number of aldehydes is 1. The number of hydrogen-bond donors (Lipinski definition) is 0. The van der Waals surface area contributed by atoms with Gasteiger partial charge in [0.2, 0.25) is 0 Å². The summed E-state index contributed by atoms with van der Waals surface area (Å²) in [6.45, 7) is 0. The second kappa shape index (κ2) is 6.72. The molecule has 0 aliphatic carbocycles. The average Bonchev–Trinajstić information content (AvgIpc) is 2.46. The summed E-state index contributed by atoms with van der Waals surface area (Å²) in [6, 6.07) is 17.3. The maximum atomic E-state index is 11.0. The van der Waals surface area contributed by atoms with Gasteiger partial charge < -0.3 is 0 Å². The molecule has 0 atom stereocenters. The van der Waals surface area contributed by atoms with Crippen molar-refractivity contribution in [2.24, 2.45) is 0 Å². The van der Waals surface area contributed by atoms with Crippen molar-refractivity contribution in [3.05, 3.63) is 75.8 Å². The minimum atomic E-state index is 0.467. The summed E-state index contributed by atoms with van der Waals surface area (Å²) in [5, 5.41) is 0. The van der Waals surface area contributed by atoms with Crippen molar-refractivity contribution in [3.63, 3.8) is 0 Å². The number of carbonyl (C=O) groups excluding carboxylic acids is 1. The highest BCUT2D eigenvalue weighted by atomic mass is 79.9. The van der Waals surface area contributed by atoms with Gasteiger partial charge in [-0.15, -0.1) is 0 Å². The van der Waals surface area contributed by atoms with Crippen LogP contribution < -0.4 is 0 Å². The van der Waals surface area contributed by atoms with Crippen molar-refractivity contribution < 1.29 is 4.79 Å². The Morgan fingerprint density at radius 3 is 2.32 bits per heavy atom. The van der Waals surface area contributed by atoms with E-state index in [0.717, 1.165) is 21.9 Å². The first-order valence-corrected chi connectivity index (χ1v) is 6.57. The molecule has 2 aromatic rings. The number of carbonyl (C=O) groups is 1. The second-order valence-corrected chi connectivity index (χ2v) is 4.80. The lowest BCUT2D eigenvalue weighted by Gasteiger charge is -1.92. The van der Waals surface area contributed by atoms with Gasteiger partial charge in [0.05, 0.1) is 5.57 Å². The van der Waals surface area contributed by atoms with Gasteiger partial charge in [-0.3, -0.25) is 4.79 Å². The van der Waals surface area contributed by atoms with E-state index in [0.29, 0.717) is 5.57 Å². The van der Waals surface area contributed by atoms with Crippen LogP contribution in [0.5, 0.6) is 0 Å². The van der Waals surface area contributed by atoms with Gasteiger partial charge >= 0.3 is 0 Å². The Kier molecular flexibility index (Phi) is 4.72. The lowest BCUT2D eigenvalue weighted by atomic mass is 10.1. The number of allylic oxidation sites excluding steroid dienone is 1. The SMILES string of the molecule is O=C/C(C#Cc1ccc(Br)cc1)=C/c1ccccc1. The van der Waals surface area contributed by atoms with Gasteiger partial charge in [-0.25, -0.2) is 0 Å². The summed E-state index contributed by atoms with van der Waals surface area (Å²) in [6.07, 6.45) is 2.55. The molecule has 2 aromatic carbocycles. The molecule has 0 radical (unpaired) electrons. The third-order valence-corrected chi connectivity index (χ3v) is 2.97. The van der Waals surface area contributed by atoms with Crippen LogP contribution in [0.4, 0.5) is 0 Å². The smallest absolute Gasteiger partial charge is 0.158 e. The fourth-order valence-electron chi connectivity index (χ4n) is 1.51. The van der Waals surface area contributed by atoms with Crippen LogP contribution in [0.15, 0.2) is 64.6 Å². The summed E-state index contributed by atoms with van der Waals surface area (Å²) in [4.78, 5) is 11.0. The zero-order valence-corrected chi connectivity index (χ0v) is 11.7. The number of benzene rings is 2. The fourth-order valence-corrected chi connectivity index (χ4v) is 1.77. The molecule has 0 spiro atoms. The predicted molar refractivity (Wildman–Crippen MR) is 81.5 cm³/mol. The highest BCUT2D eigenvalue weighted by molar-refractivity contribution is 9.10. The minimum Gasteiger partial charge on any atom is -0.297 e. The molecule has 19 heavy (non-hydrogen) atoms. The van der Waals surface area contributed by atoms with E-state index in [9.17, 15) is 4.79 Å². The average molecular weight is 311 g/mol. The fraction of sp³-hybridized carbons (Fsp3) is 0. The van der Waals surface area contributed by atoms with Crippen molar-refractivity contribution in [2.75, 3.05) is 0 Å². The van der Waals surface area contributed by atoms with Crippen molar-refractivity contribution in [2.45, 2.75) is 0 Å².